The molecule has 110 valence electrons. The summed E-state index contributed by atoms with van der Waals surface area (Å²) in [6.07, 6.45) is 5.63. The van der Waals surface area contributed by atoms with Gasteiger partial charge in [-0.15, -0.1) is 0 Å². The van der Waals surface area contributed by atoms with E-state index in [2.05, 4.69) is 0 Å². The number of nitrogens with two attached hydrogens (primary N) is 1. The lowest BCUT2D eigenvalue weighted by Gasteiger charge is -2.24. The molecule has 0 radical (unpaired) electrons. The highest BCUT2D eigenvalue weighted by atomic mass is 35.5. The smallest absolute Gasteiger partial charge is 0.249 e. The highest BCUT2D eigenvalue weighted by molar-refractivity contribution is 6.30. The molecule has 21 heavy (non-hydrogen) atoms. The molecular formula is C16H16ClNO3. The monoisotopic (exact) mass is 305 g/mol. The first-order chi connectivity index (χ1) is 10.1. The van der Waals surface area contributed by atoms with Crippen molar-refractivity contribution >= 4 is 17.3 Å². The van der Waals surface area contributed by atoms with Gasteiger partial charge in [0.1, 0.15) is 5.75 Å². The molecule has 3 rings (SSSR count). The van der Waals surface area contributed by atoms with Crippen LogP contribution in [0.5, 0.6) is 5.75 Å². The van der Waals surface area contributed by atoms with E-state index in [4.69, 9.17) is 22.1 Å². The predicted octanol–water partition coefficient (Wildman–Crippen LogP) is 2.90. The molecule has 0 spiro atoms. The van der Waals surface area contributed by atoms with E-state index < -0.39 is 10.9 Å². The van der Waals surface area contributed by atoms with Crippen LogP contribution in [0, 0.1) is 0 Å². The second kappa shape index (κ2) is 5.53. The normalized spacial score (nSPS) is 16.2. The maximum absolute atomic E-state index is 11.7. The van der Waals surface area contributed by atoms with Crippen molar-refractivity contribution in [2.45, 2.75) is 38.2 Å². The average molecular weight is 306 g/mol. The maximum Gasteiger partial charge on any atom is 0.249 e. The summed E-state index contributed by atoms with van der Waals surface area (Å²) in [4.78, 5) is 23.0. The van der Waals surface area contributed by atoms with E-state index in [0.717, 1.165) is 25.7 Å². The van der Waals surface area contributed by atoms with E-state index in [9.17, 15) is 9.59 Å². The van der Waals surface area contributed by atoms with Crippen molar-refractivity contribution in [3.8, 4) is 16.9 Å². The number of rotatable bonds is 3. The topological polar surface area (TPSA) is 69.4 Å². The van der Waals surface area contributed by atoms with Crippen LogP contribution < -0.4 is 21.3 Å². The predicted molar refractivity (Wildman–Crippen MR) is 83.7 cm³/mol. The number of halogens is 1. The molecule has 0 unspecified atom stereocenters. The molecule has 2 aromatic carbocycles. The van der Waals surface area contributed by atoms with Crippen molar-refractivity contribution < 1.29 is 4.74 Å². The van der Waals surface area contributed by atoms with Gasteiger partial charge in [-0.05, 0) is 43.9 Å². The molecule has 1 aliphatic rings. The van der Waals surface area contributed by atoms with Crippen molar-refractivity contribution in [3.63, 3.8) is 0 Å². The maximum atomic E-state index is 11.7. The lowest BCUT2D eigenvalue weighted by Crippen LogP contribution is -2.36. The van der Waals surface area contributed by atoms with Gasteiger partial charge in [0.05, 0.1) is 17.4 Å². The van der Waals surface area contributed by atoms with Crippen molar-refractivity contribution in [2.75, 3.05) is 5.73 Å². The second-order valence-electron chi connectivity index (χ2n) is 5.47. The molecule has 2 aromatic rings. The Morgan fingerprint density at radius 2 is 1.81 bits per heavy atom. The Labute approximate surface area is 127 Å². The van der Waals surface area contributed by atoms with Crippen molar-refractivity contribution in [2.24, 2.45) is 0 Å². The number of nitrogen functional groups attached to an aromatic ring is 1. The molecular weight excluding hydrogens is 290 g/mol. The molecule has 1 aliphatic carbocycles. The van der Waals surface area contributed by atoms with Crippen LogP contribution in [0.2, 0.25) is 5.02 Å². The third-order valence-corrected chi connectivity index (χ3v) is 4.24. The summed E-state index contributed by atoms with van der Waals surface area (Å²) in [7, 11) is 0. The average Bonchev–Trinajstić information content (AvgIpc) is 2.50. The summed E-state index contributed by atoms with van der Waals surface area (Å²) in [5.41, 5.74) is 5.30. The zero-order valence-electron chi connectivity index (χ0n) is 11.5. The van der Waals surface area contributed by atoms with Gasteiger partial charge in [-0.2, -0.15) is 0 Å². The molecule has 0 heterocycles. The minimum atomic E-state index is -0.622. The molecule has 0 aromatic heterocycles. The van der Waals surface area contributed by atoms with Gasteiger partial charge in [-0.3, -0.25) is 9.59 Å². The Kier molecular flexibility index (Phi) is 3.72. The van der Waals surface area contributed by atoms with Crippen LogP contribution in [0.15, 0.2) is 27.8 Å². The Hall–Kier alpha value is -1.81. The largest absolute Gasteiger partial charge is 0.490 e. The van der Waals surface area contributed by atoms with Gasteiger partial charge in [-0.1, -0.05) is 18.0 Å². The number of hydrogen-bond acceptors (Lipinski definition) is 4. The van der Waals surface area contributed by atoms with Crippen LogP contribution in [0.3, 0.4) is 0 Å². The highest BCUT2D eigenvalue weighted by Crippen LogP contribution is 2.35. The Bertz CT molecular complexity index is 740. The minimum absolute atomic E-state index is 0.0100. The van der Waals surface area contributed by atoms with E-state index in [1.54, 1.807) is 18.2 Å². The van der Waals surface area contributed by atoms with E-state index in [1.807, 2.05) is 0 Å². The lowest BCUT2D eigenvalue weighted by molar-refractivity contribution is 0.156. The molecule has 0 aliphatic heterocycles. The third-order valence-electron chi connectivity index (χ3n) is 4.01. The van der Waals surface area contributed by atoms with Crippen molar-refractivity contribution in [1.29, 1.82) is 0 Å². The van der Waals surface area contributed by atoms with Gasteiger partial charge in [0.25, 0.3) is 0 Å². The third kappa shape index (κ3) is 2.56. The first-order valence-electron chi connectivity index (χ1n) is 7.13. The summed E-state index contributed by atoms with van der Waals surface area (Å²) in [5, 5.41) is 0.529. The van der Waals surface area contributed by atoms with E-state index in [0.29, 0.717) is 16.3 Å². The van der Waals surface area contributed by atoms with Crippen LogP contribution in [-0.2, 0) is 0 Å². The van der Waals surface area contributed by atoms with Gasteiger partial charge >= 0.3 is 0 Å². The van der Waals surface area contributed by atoms with Gasteiger partial charge in [-0.25, -0.2) is 0 Å². The van der Waals surface area contributed by atoms with Crippen LogP contribution in [-0.4, -0.2) is 6.10 Å². The van der Waals surface area contributed by atoms with Crippen LogP contribution >= 0.6 is 11.6 Å². The Balaban J connectivity index is 1.97. The summed E-state index contributed by atoms with van der Waals surface area (Å²) in [6, 6.07) is 5.04. The lowest BCUT2D eigenvalue weighted by atomic mass is 9.96. The molecule has 1 fully saturated rings. The number of hydrogen-bond donors (Lipinski definition) is 1. The number of ether oxygens (including phenoxy) is 1. The van der Waals surface area contributed by atoms with Gasteiger partial charge in [0.15, 0.2) is 0 Å². The van der Waals surface area contributed by atoms with Crippen LogP contribution in [0.4, 0.5) is 5.69 Å². The van der Waals surface area contributed by atoms with Crippen LogP contribution in [0.25, 0.3) is 11.1 Å². The number of benzene rings is 1. The fourth-order valence-electron chi connectivity index (χ4n) is 2.84. The zero-order valence-corrected chi connectivity index (χ0v) is 12.3. The van der Waals surface area contributed by atoms with E-state index >= 15 is 0 Å². The molecule has 0 saturated heterocycles. The van der Waals surface area contributed by atoms with Gasteiger partial charge in [0.2, 0.25) is 10.9 Å². The molecule has 0 bridgehead atoms. The fraction of sp³-hybridized carbons (Fsp3) is 0.375. The van der Waals surface area contributed by atoms with Gasteiger partial charge in [0, 0.05) is 10.6 Å². The minimum Gasteiger partial charge on any atom is -0.490 e. The fourth-order valence-corrected chi connectivity index (χ4v) is 3.00. The highest BCUT2D eigenvalue weighted by Gasteiger charge is 2.24. The van der Waals surface area contributed by atoms with Crippen molar-refractivity contribution in [1.82, 2.24) is 0 Å². The summed E-state index contributed by atoms with van der Waals surface area (Å²) >= 11 is 6.02. The summed E-state index contributed by atoms with van der Waals surface area (Å²) < 4.78 is 6.02. The first-order valence-corrected chi connectivity index (χ1v) is 7.51. The molecule has 0 amide bonds. The summed E-state index contributed by atoms with van der Waals surface area (Å²) in [5.74, 6) is 0.535. The molecule has 4 nitrogen and oxygen atoms in total. The van der Waals surface area contributed by atoms with Gasteiger partial charge < -0.3 is 10.5 Å². The van der Waals surface area contributed by atoms with Crippen molar-refractivity contribution in [3.05, 3.63) is 43.7 Å². The zero-order chi connectivity index (χ0) is 15.0. The quantitative estimate of drug-likeness (QED) is 0.885. The molecule has 5 heteroatoms. The SMILES string of the molecule is Nc1c(-c2ccc(Cl)cc2OC2CCCCC2)c(=O)c1=O. The standard InChI is InChI=1S/C16H16ClNO3/c17-9-6-7-11(13-14(18)16(20)15(13)19)12(8-9)21-10-4-2-1-3-5-10/h6-8,10H,1-5,18H2. The van der Waals surface area contributed by atoms with E-state index in [-0.39, 0.29) is 17.4 Å². The Morgan fingerprint density at radius 1 is 1.10 bits per heavy atom. The first kappa shape index (κ1) is 14.1. The molecule has 2 N–H and O–H groups in total. The molecule has 0 atom stereocenters. The van der Waals surface area contributed by atoms with E-state index in [1.165, 1.54) is 6.42 Å². The van der Waals surface area contributed by atoms with Crippen LogP contribution in [0.1, 0.15) is 32.1 Å². The Morgan fingerprint density at radius 3 is 2.48 bits per heavy atom. The molecule has 1 saturated carbocycles. The second-order valence-corrected chi connectivity index (χ2v) is 5.90. The summed E-state index contributed by atoms with van der Waals surface area (Å²) in [6.45, 7) is 0. The number of anilines is 1.